The van der Waals surface area contributed by atoms with Crippen LogP contribution in [0.4, 0.5) is 0 Å². The fourth-order valence-electron chi connectivity index (χ4n) is 0.626. The van der Waals surface area contributed by atoms with Gasteiger partial charge in [0.15, 0.2) is 0 Å². The smallest absolute Gasteiger partial charge is 0.0680 e. The van der Waals surface area contributed by atoms with Crippen molar-refractivity contribution >= 4 is 23.2 Å². The van der Waals surface area contributed by atoms with Gasteiger partial charge in [0, 0.05) is 12.1 Å². The van der Waals surface area contributed by atoms with E-state index in [1.54, 1.807) is 0 Å². The molecular formula is C8H6Cl2. The fourth-order valence-corrected chi connectivity index (χ4v) is 1.00. The summed E-state index contributed by atoms with van der Waals surface area (Å²) in [5.41, 5.74) is 1.99. The number of rotatable bonds is 0. The van der Waals surface area contributed by atoms with Gasteiger partial charge in [-0.3, -0.25) is 0 Å². The van der Waals surface area contributed by atoms with E-state index in [1.807, 2.05) is 13.8 Å². The van der Waals surface area contributed by atoms with E-state index in [1.165, 1.54) is 0 Å². The van der Waals surface area contributed by atoms with Crippen LogP contribution in [0.1, 0.15) is 11.1 Å². The van der Waals surface area contributed by atoms with Crippen LogP contribution in [0.15, 0.2) is 0 Å². The van der Waals surface area contributed by atoms with Gasteiger partial charge >= 0.3 is 0 Å². The van der Waals surface area contributed by atoms with E-state index in [-0.39, 0.29) is 0 Å². The maximum Gasteiger partial charge on any atom is 0.0680 e. The van der Waals surface area contributed by atoms with Crippen LogP contribution in [-0.2, 0) is 0 Å². The summed E-state index contributed by atoms with van der Waals surface area (Å²) in [6, 6.07) is 5.82. The Hall–Kier alpha value is -0.200. The number of halogens is 2. The number of aryl methyl sites for hydroxylation is 2. The minimum atomic E-state index is 0.449. The Kier molecular flexibility index (Phi) is 2.22. The highest BCUT2D eigenvalue weighted by Gasteiger charge is 2.00. The molecule has 1 aromatic rings. The molecule has 52 valence electrons. The molecule has 1 aromatic carbocycles. The average molecular weight is 173 g/mol. The first kappa shape index (κ1) is 7.90. The highest BCUT2D eigenvalue weighted by atomic mass is 35.5. The zero-order chi connectivity index (χ0) is 7.72. The molecule has 10 heavy (non-hydrogen) atoms. The molecule has 1 rings (SSSR count). The first-order chi connectivity index (χ1) is 4.61. The van der Waals surface area contributed by atoms with Gasteiger partial charge in [0.25, 0.3) is 0 Å². The summed E-state index contributed by atoms with van der Waals surface area (Å²) >= 11 is 11.3. The Bertz CT molecular complexity index is 203. The minimum absolute atomic E-state index is 0.449. The quantitative estimate of drug-likeness (QED) is 0.565. The first-order valence-electron chi connectivity index (χ1n) is 2.88. The zero-order valence-corrected chi connectivity index (χ0v) is 7.27. The number of hydrogen-bond acceptors (Lipinski definition) is 0. The van der Waals surface area contributed by atoms with Gasteiger partial charge in [-0.25, -0.2) is 0 Å². The molecule has 0 amide bonds. The highest BCUT2D eigenvalue weighted by molar-refractivity contribution is 6.41. The first-order valence-corrected chi connectivity index (χ1v) is 3.63. The molecule has 0 atom stereocenters. The molecule has 0 aliphatic rings. The zero-order valence-electron chi connectivity index (χ0n) is 5.76. The van der Waals surface area contributed by atoms with Crippen LogP contribution in [-0.4, -0.2) is 0 Å². The summed E-state index contributed by atoms with van der Waals surface area (Å²) < 4.78 is 0. The standard InChI is InChI=1S/C8H6Cl2/c1-5-3-7(9)8(10)4-6(5)2/h1-2H3. The lowest BCUT2D eigenvalue weighted by Gasteiger charge is -1.99. The van der Waals surface area contributed by atoms with Gasteiger partial charge in [-0.15, -0.1) is 0 Å². The molecule has 0 unspecified atom stereocenters. The van der Waals surface area contributed by atoms with Crippen LogP contribution >= 0.6 is 23.2 Å². The van der Waals surface area contributed by atoms with Gasteiger partial charge in [0.2, 0.25) is 0 Å². The third-order valence-electron chi connectivity index (χ3n) is 1.35. The molecule has 0 saturated carbocycles. The molecule has 2 radical (unpaired) electrons. The molecule has 0 saturated heterocycles. The van der Waals surface area contributed by atoms with Crippen LogP contribution in [0, 0.1) is 26.0 Å². The van der Waals surface area contributed by atoms with Gasteiger partial charge in [-0.1, -0.05) is 23.2 Å². The summed E-state index contributed by atoms with van der Waals surface area (Å²) in [6.07, 6.45) is 0. The van der Waals surface area contributed by atoms with E-state index < -0.39 is 0 Å². The van der Waals surface area contributed by atoms with E-state index in [0.717, 1.165) is 11.1 Å². The normalized spacial score (nSPS) is 10.0. The van der Waals surface area contributed by atoms with Crippen molar-refractivity contribution in [2.75, 3.05) is 0 Å². The second-order valence-electron chi connectivity index (χ2n) is 2.13. The lowest BCUT2D eigenvalue weighted by atomic mass is 10.1. The Balaban J connectivity index is 3.28. The molecule has 2 heteroatoms. The van der Waals surface area contributed by atoms with Crippen molar-refractivity contribution < 1.29 is 0 Å². The van der Waals surface area contributed by atoms with Crippen LogP contribution in [0.2, 0.25) is 10.0 Å². The largest absolute Gasteiger partial charge is 0.0820 e. The Morgan fingerprint density at radius 3 is 1.50 bits per heavy atom. The summed E-state index contributed by atoms with van der Waals surface area (Å²) in [6.45, 7) is 3.85. The van der Waals surface area contributed by atoms with Crippen molar-refractivity contribution in [3.05, 3.63) is 33.3 Å². The molecule has 0 spiro atoms. The molecule has 0 N–H and O–H groups in total. The SMILES string of the molecule is Cc1[c]c(Cl)c(Cl)[c]c1C. The lowest BCUT2D eigenvalue weighted by molar-refractivity contribution is 1.33. The predicted octanol–water partition coefficient (Wildman–Crippen LogP) is 3.21. The Morgan fingerprint density at radius 1 is 0.900 bits per heavy atom. The van der Waals surface area contributed by atoms with E-state index in [2.05, 4.69) is 12.1 Å². The van der Waals surface area contributed by atoms with E-state index in [0.29, 0.717) is 10.0 Å². The summed E-state index contributed by atoms with van der Waals surface area (Å²) in [4.78, 5) is 0. The maximum absolute atomic E-state index is 5.67. The summed E-state index contributed by atoms with van der Waals surface area (Å²) in [7, 11) is 0. The molecule has 0 bridgehead atoms. The van der Waals surface area contributed by atoms with Crippen molar-refractivity contribution in [1.82, 2.24) is 0 Å². The third-order valence-corrected chi connectivity index (χ3v) is 2.01. The Labute approximate surface area is 70.8 Å². The highest BCUT2D eigenvalue weighted by Crippen LogP contribution is 2.23. The summed E-state index contributed by atoms with van der Waals surface area (Å²) in [5.74, 6) is 0. The van der Waals surface area contributed by atoms with Crippen molar-refractivity contribution in [1.29, 1.82) is 0 Å². The molecule has 0 fully saturated rings. The summed E-state index contributed by atoms with van der Waals surface area (Å²) in [5, 5.41) is 0.898. The fraction of sp³-hybridized carbons (Fsp3) is 0.250. The van der Waals surface area contributed by atoms with Gasteiger partial charge in [-0.05, 0) is 25.0 Å². The van der Waals surface area contributed by atoms with Crippen molar-refractivity contribution in [2.24, 2.45) is 0 Å². The van der Waals surface area contributed by atoms with E-state index in [4.69, 9.17) is 23.2 Å². The van der Waals surface area contributed by atoms with Gasteiger partial charge in [-0.2, -0.15) is 0 Å². The molecule has 0 aromatic heterocycles. The monoisotopic (exact) mass is 172 g/mol. The van der Waals surface area contributed by atoms with Crippen LogP contribution in [0.5, 0.6) is 0 Å². The maximum atomic E-state index is 5.67. The van der Waals surface area contributed by atoms with Crippen molar-refractivity contribution in [2.45, 2.75) is 13.8 Å². The van der Waals surface area contributed by atoms with Crippen LogP contribution in [0.3, 0.4) is 0 Å². The van der Waals surface area contributed by atoms with Gasteiger partial charge < -0.3 is 0 Å². The lowest BCUT2D eigenvalue weighted by Crippen LogP contribution is -1.81. The Morgan fingerprint density at radius 2 is 1.20 bits per heavy atom. The number of benzene rings is 1. The van der Waals surface area contributed by atoms with Crippen molar-refractivity contribution in [3.63, 3.8) is 0 Å². The second kappa shape index (κ2) is 2.81. The van der Waals surface area contributed by atoms with E-state index >= 15 is 0 Å². The number of hydrogen-bond donors (Lipinski definition) is 0. The van der Waals surface area contributed by atoms with Gasteiger partial charge in [0.05, 0.1) is 10.0 Å². The molecule has 0 aliphatic heterocycles. The van der Waals surface area contributed by atoms with Crippen LogP contribution < -0.4 is 0 Å². The molecule has 0 aliphatic carbocycles. The molecule has 0 heterocycles. The third kappa shape index (κ3) is 1.44. The van der Waals surface area contributed by atoms with E-state index in [9.17, 15) is 0 Å². The predicted molar refractivity (Wildman–Crippen MR) is 43.6 cm³/mol. The molecular weight excluding hydrogens is 167 g/mol. The topological polar surface area (TPSA) is 0 Å². The van der Waals surface area contributed by atoms with Crippen LogP contribution in [0.25, 0.3) is 0 Å². The molecule has 0 nitrogen and oxygen atoms in total. The minimum Gasteiger partial charge on any atom is -0.0820 e. The second-order valence-corrected chi connectivity index (χ2v) is 2.88. The average Bonchev–Trinajstić information content (AvgIpc) is 1.84. The van der Waals surface area contributed by atoms with Crippen molar-refractivity contribution in [3.8, 4) is 0 Å². The van der Waals surface area contributed by atoms with Gasteiger partial charge in [0.1, 0.15) is 0 Å².